The Balaban J connectivity index is 2.24. The molecule has 0 saturated carbocycles. The highest BCUT2D eigenvalue weighted by Crippen LogP contribution is 2.25. The van der Waals surface area contributed by atoms with Crippen LogP contribution >= 0.6 is 0 Å². The molecule has 1 heterocycles. The zero-order valence-electron chi connectivity index (χ0n) is 14.1. The van der Waals surface area contributed by atoms with Crippen molar-refractivity contribution >= 4 is 5.91 Å². The number of H-pyrrole nitrogens is 1. The lowest BCUT2D eigenvalue weighted by Crippen LogP contribution is -2.39. The van der Waals surface area contributed by atoms with Crippen molar-refractivity contribution in [2.75, 3.05) is 27.2 Å². The monoisotopic (exact) mass is 316 g/mol. The van der Waals surface area contributed by atoms with Gasteiger partial charge in [0.2, 0.25) is 0 Å². The van der Waals surface area contributed by atoms with Gasteiger partial charge < -0.3 is 15.4 Å². The highest BCUT2D eigenvalue weighted by molar-refractivity contribution is 5.99. The Kier molecular flexibility index (Phi) is 5.05. The molecule has 1 aromatic heterocycles. The normalized spacial score (nSPS) is 11.3. The molecule has 0 bridgehead atoms. The third-order valence-corrected chi connectivity index (χ3v) is 3.81. The number of benzene rings is 1. The standard InChI is InChI=1S/C17H24N4O2/c1-17(2,10-18)11-21(3)16(22)14-9-19-20-15(14)12-5-7-13(23-4)8-6-12/h5-9H,10-11,18H2,1-4H3,(H,19,20). The summed E-state index contributed by atoms with van der Waals surface area (Å²) < 4.78 is 5.16. The quantitative estimate of drug-likeness (QED) is 0.855. The van der Waals surface area contributed by atoms with E-state index in [0.29, 0.717) is 24.3 Å². The maximum Gasteiger partial charge on any atom is 0.257 e. The van der Waals surface area contributed by atoms with Crippen molar-refractivity contribution in [3.8, 4) is 17.0 Å². The summed E-state index contributed by atoms with van der Waals surface area (Å²) in [7, 11) is 3.40. The van der Waals surface area contributed by atoms with Crippen molar-refractivity contribution in [1.29, 1.82) is 0 Å². The lowest BCUT2D eigenvalue weighted by Gasteiger charge is -2.29. The minimum atomic E-state index is -0.131. The summed E-state index contributed by atoms with van der Waals surface area (Å²) >= 11 is 0. The number of nitrogens with zero attached hydrogens (tertiary/aromatic N) is 2. The minimum Gasteiger partial charge on any atom is -0.497 e. The highest BCUT2D eigenvalue weighted by Gasteiger charge is 2.24. The van der Waals surface area contributed by atoms with Crippen molar-refractivity contribution < 1.29 is 9.53 Å². The topological polar surface area (TPSA) is 84.2 Å². The van der Waals surface area contributed by atoms with Crippen molar-refractivity contribution in [3.63, 3.8) is 0 Å². The summed E-state index contributed by atoms with van der Waals surface area (Å²) in [6.45, 7) is 5.17. The van der Waals surface area contributed by atoms with Gasteiger partial charge in [0.25, 0.3) is 5.91 Å². The molecule has 0 aliphatic heterocycles. The Morgan fingerprint density at radius 3 is 2.57 bits per heavy atom. The number of amides is 1. The summed E-state index contributed by atoms with van der Waals surface area (Å²) in [4.78, 5) is 14.4. The summed E-state index contributed by atoms with van der Waals surface area (Å²) in [6, 6.07) is 7.50. The molecule has 23 heavy (non-hydrogen) atoms. The van der Waals surface area contributed by atoms with E-state index in [1.54, 1.807) is 25.3 Å². The maximum atomic E-state index is 12.7. The van der Waals surface area contributed by atoms with Crippen LogP contribution in [0.25, 0.3) is 11.3 Å². The van der Waals surface area contributed by atoms with Gasteiger partial charge in [0.1, 0.15) is 5.75 Å². The summed E-state index contributed by atoms with van der Waals surface area (Å²) in [5.41, 5.74) is 7.76. The second-order valence-corrected chi connectivity index (χ2v) is 6.42. The molecule has 0 radical (unpaired) electrons. The molecule has 6 heteroatoms. The first-order valence-electron chi connectivity index (χ1n) is 7.51. The van der Waals surface area contributed by atoms with Crippen LogP contribution in [-0.4, -0.2) is 48.3 Å². The fourth-order valence-corrected chi connectivity index (χ4v) is 2.41. The Morgan fingerprint density at radius 1 is 1.35 bits per heavy atom. The number of hydrogen-bond donors (Lipinski definition) is 2. The van der Waals surface area contributed by atoms with Crippen molar-refractivity contribution in [2.24, 2.45) is 11.1 Å². The van der Waals surface area contributed by atoms with Gasteiger partial charge in [-0.25, -0.2) is 0 Å². The molecule has 0 aliphatic rings. The number of nitrogens with one attached hydrogen (secondary N) is 1. The van der Waals surface area contributed by atoms with Gasteiger partial charge in [-0.05, 0) is 36.2 Å². The van der Waals surface area contributed by atoms with Gasteiger partial charge in [-0.2, -0.15) is 5.10 Å². The number of aromatic amines is 1. The molecule has 2 rings (SSSR count). The number of carbonyl (C=O) groups is 1. The van der Waals surface area contributed by atoms with Gasteiger partial charge in [0.05, 0.1) is 24.6 Å². The molecule has 0 saturated heterocycles. The summed E-state index contributed by atoms with van der Waals surface area (Å²) in [6.07, 6.45) is 1.56. The predicted molar refractivity (Wildman–Crippen MR) is 90.4 cm³/mol. The van der Waals surface area contributed by atoms with E-state index in [9.17, 15) is 4.79 Å². The van der Waals surface area contributed by atoms with E-state index in [1.165, 1.54) is 0 Å². The number of methoxy groups -OCH3 is 1. The van der Waals surface area contributed by atoms with E-state index >= 15 is 0 Å². The molecule has 124 valence electrons. The molecule has 3 N–H and O–H groups in total. The van der Waals surface area contributed by atoms with Gasteiger partial charge in [0, 0.05) is 19.2 Å². The molecule has 1 aromatic carbocycles. The average molecular weight is 316 g/mol. The largest absolute Gasteiger partial charge is 0.497 e. The lowest BCUT2D eigenvalue weighted by molar-refractivity contribution is 0.0741. The number of rotatable bonds is 6. The third kappa shape index (κ3) is 3.90. The maximum absolute atomic E-state index is 12.7. The van der Waals surface area contributed by atoms with Crippen LogP contribution in [0.15, 0.2) is 30.5 Å². The van der Waals surface area contributed by atoms with Crippen LogP contribution in [0.1, 0.15) is 24.2 Å². The SMILES string of the molecule is COc1ccc(-c2[nH]ncc2C(=O)N(C)CC(C)(C)CN)cc1. The highest BCUT2D eigenvalue weighted by atomic mass is 16.5. The molecular weight excluding hydrogens is 292 g/mol. The first-order chi connectivity index (χ1) is 10.9. The fourth-order valence-electron chi connectivity index (χ4n) is 2.41. The van der Waals surface area contributed by atoms with Crippen LogP contribution in [0.4, 0.5) is 0 Å². The molecule has 1 amide bonds. The molecule has 0 unspecified atom stereocenters. The van der Waals surface area contributed by atoms with E-state index in [1.807, 2.05) is 38.1 Å². The Bertz CT molecular complexity index is 661. The second kappa shape index (κ2) is 6.83. The van der Waals surface area contributed by atoms with Gasteiger partial charge in [-0.3, -0.25) is 9.89 Å². The van der Waals surface area contributed by atoms with Gasteiger partial charge in [-0.1, -0.05) is 13.8 Å². The number of nitrogens with two attached hydrogens (primary N) is 1. The lowest BCUT2D eigenvalue weighted by atomic mass is 9.93. The van der Waals surface area contributed by atoms with E-state index in [4.69, 9.17) is 10.5 Å². The Morgan fingerprint density at radius 2 is 2.00 bits per heavy atom. The number of carbonyl (C=O) groups excluding carboxylic acids is 1. The van der Waals surface area contributed by atoms with Crippen LogP contribution in [0.5, 0.6) is 5.75 Å². The van der Waals surface area contributed by atoms with Crippen LogP contribution in [0.3, 0.4) is 0 Å². The number of ether oxygens (including phenoxy) is 1. The summed E-state index contributed by atoms with van der Waals surface area (Å²) in [5.74, 6) is 0.689. The van der Waals surface area contributed by atoms with E-state index < -0.39 is 0 Å². The third-order valence-electron chi connectivity index (χ3n) is 3.81. The van der Waals surface area contributed by atoms with Gasteiger partial charge in [0.15, 0.2) is 0 Å². The minimum absolute atomic E-state index is 0.0777. The molecule has 6 nitrogen and oxygen atoms in total. The van der Waals surface area contributed by atoms with Crippen molar-refractivity contribution in [3.05, 3.63) is 36.0 Å². The molecule has 0 fully saturated rings. The van der Waals surface area contributed by atoms with E-state index in [2.05, 4.69) is 10.2 Å². The first kappa shape index (κ1) is 17.0. The van der Waals surface area contributed by atoms with Crippen LogP contribution < -0.4 is 10.5 Å². The summed E-state index contributed by atoms with van der Waals surface area (Å²) in [5, 5.41) is 6.94. The van der Waals surface area contributed by atoms with Crippen molar-refractivity contribution in [2.45, 2.75) is 13.8 Å². The smallest absolute Gasteiger partial charge is 0.257 e. The van der Waals surface area contributed by atoms with E-state index in [-0.39, 0.29) is 11.3 Å². The number of aromatic nitrogens is 2. The van der Waals surface area contributed by atoms with Crippen LogP contribution in [0, 0.1) is 5.41 Å². The van der Waals surface area contributed by atoms with Crippen molar-refractivity contribution in [1.82, 2.24) is 15.1 Å². The zero-order valence-corrected chi connectivity index (χ0v) is 14.1. The number of hydrogen-bond acceptors (Lipinski definition) is 4. The molecular formula is C17H24N4O2. The molecule has 0 atom stereocenters. The van der Waals surface area contributed by atoms with Crippen LogP contribution in [0.2, 0.25) is 0 Å². The first-order valence-corrected chi connectivity index (χ1v) is 7.51. The zero-order chi connectivity index (χ0) is 17.0. The molecule has 0 aliphatic carbocycles. The van der Waals surface area contributed by atoms with Gasteiger partial charge >= 0.3 is 0 Å². The second-order valence-electron chi connectivity index (χ2n) is 6.42. The van der Waals surface area contributed by atoms with Gasteiger partial charge in [-0.15, -0.1) is 0 Å². The average Bonchev–Trinajstić information content (AvgIpc) is 3.03. The predicted octanol–water partition coefficient (Wildman–Crippen LogP) is 2.14. The van der Waals surface area contributed by atoms with Crippen LogP contribution in [-0.2, 0) is 0 Å². The fraction of sp³-hybridized carbons (Fsp3) is 0.412. The Hall–Kier alpha value is -2.34. The molecule has 2 aromatic rings. The molecule has 0 spiro atoms. The van der Waals surface area contributed by atoms with E-state index in [0.717, 1.165) is 11.3 Å². The Labute approximate surface area is 136 Å².